The van der Waals surface area contributed by atoms with E-state index in [1.54, 1.807) is 41.1 Å². The van der Waals surface area contributed by atoms with Crippen molar-refractivity contribution in [2.45, 2.75) is 26.8 Å². The number of nitrogens with zero attached hydrogens (tertiary/aromatic N) is 5. The second-order valence-electron chi connectivity index (χ2n) is 7.51. The molecule has 0 aliphatic heterocycles. The second kappa shape index (κ2) is 9.59. The summed E-state index contributed by atoms with van der Waals surface area (Å²) in [6.07, 6.45) is 2.23. The average Bonchev–Trinajstić information content (AvgIpc) is 2.83. The summed E-state index contributed by atoms with van der Waals surface area (Å²) in [7, 11) is 0. The molecule has 1 amide bonds. The zero-order chi connectivity index (χ0) is 23.4. The van der Waals surface area contributed by atoms with Gasteiger partial charge in [-0.25, -0.2) is 4.98 Å². The first kappa shape index (κ1) is 22.1. The van der Waals surface area contributed by atoms with E-state index < -0.39 is 5.91 Å². The minimum Gasteiger partial charge on any atom is -0.382 e. The molecule has 4 rings (SSSR count). The summed E-state index contributed by atoms with van der Waals surface area (Å²) in [5, 5.41) is 10.2. The molecule has 0 saturated carbocycles. The van der Waals surface area contributed by atoms with Gasteiger partial charge in [0.1, 0.15) is 17.4 Å². The van der Waals surface area contributed by atoms with Crippen molar-refractivity contribution < 1.29 is 9.53 Å². The van der Waals surface area contributed by atoms with Crippen LogP contribution in [0.15, 0.2) is 64.5 Å². The van der Waals surface area contributed by atoms with Crippen molar-refractivity contribution in [1.29, 1.82) is 5.26 Å². The maximum atomic E-state index is 13.2. The zero-order valence-electron chi connectivity index (χ0n) is 18.5. The quantitative estimate of drug-likeness (QED) is 0.338. The number of hydrogen-bond acceptors (Lipinski definition) is 5. The van der Waals surface area contributed by atoms with Crippen molar-refractivity contribution in [3.05, 3.63) is 87.3 Å². The van der Waals surface area contributed by atoms with Gasteiger partial charge in [-0.15, -0.1) is 0 Å². The van der Waals surface area contributed by atoms with E-state index in [0.717, 1.165) is 5.56 Å². The Morgan fingerprint density at radius 3 is 2.76 bits per heavy atom. The molecule has 4 aromatic rings. The third kappa shape index (κ3) is 4.31. The molecule has 33 heavy (non-hydrogen) atoms. The Balaban J connectivity index is 2.02. The first-order chi connectivity index (χ1) is 16.0. The lowest BCUT2D eigenvalue weighted by atomic mass is 10.1. The fraction of sp³-hybridized carbons (Fsp3) is 0.240. The number of hydrogen-bond donors (Lipinski definition) is 0. The Bertz CT molecular complexity index is 1530. The van der Waals surface area contributed by atoms with Crippen molar-refractivity contribution in [1.82, 2.24) is 14.0 Å². The fourth-order valence-corrected chi connectivity index (χ4v) is 3.73. The number of aromatic nitrogens is 3. The summed E-state index contributed by atoms with van der Waals surface area (Å²) in [5.74, 6) is -0.458. The van der Waals surface area contributed by atoms with Gasteiger partial charge in [-0.3, -0.25) is 14.0 Å². The molecule has 0 N–H and O–H groups in total. The molecule has 0 aliphatic rings. The first-order valence-electron chi connectivity index (χ1n) is 10.7. The van der Waals surface area contributed by atoms with Gasteiger partial charge in [0.2, 0.25) is 0 Å². The highest BCUT2D eigenvalue weighted by atomic mass is 16.5. The summed E-state index contributed by atoms with van der Waals surface area (Å²) in [5.41, 5.74) is 2.11. The van der Waals surface area contributed by atoms with Crippen molar-refractivity contribution >= 4 is 22.6 Å². The van der Waals surface area contributed by atoms with Crippen LogP contribution in [0.3, 0.4) is 0 Å². The SMILES string of the molecule is CCOCCCn1c(=NC(=O)c2ccccc2C)c(C#N)cc2c(=O)n3ccccc3nc21. The van der Waals surface area contributed by atoms with Gasteiger partial charge in [-0.2, -0.15) is 10.3 Å². The molecule has 3 heterocycles. The molecule has 8 nitrogen and oxygen atoms in total. The van der Waals surface area contributed by atoms with Gasteiger partial charge in [0.25, 0.3) is 11.5 Å². The summed E-state index contributed by atoms with van der Waals surface area (Å²) in [6.45, 7) is 5.19. The molecule has 1 aromatic carbocycles. The Labute approximate surface area is 190 Å². The molecule has 0 aliphatic carbocycles. The smallest absolute Gasteiger partial charge is 0.279 e. The molecule has 0 spiro atoms. The maximum absolute atomic E-state index is 13.2. The number of ether oxygens (including phenoxy) is 1. The van der Waals surface area contributed by atoms with Gasteiger partial charge < -0.3 is 9.30 Å². The monoisotopic (exact) mass is 441 g/mol. The summed E-state index contributed by atoms with van der Waals surface area (Å²) < 4.78 is 8.57. The van der Waals surface area contributed by atoms with Crippen molar-refractivity contribution in [3.63, 3.8) is 0 Å². The third-order valence-corrected chi connectivity index (χ3v) is 5.37. The number of pyridine rings is 2. The van der Waals surface area contributed by atoms with Crippen LogP contribution in [0.25, 0.3) is 16.7 Å². The third-order valence-electron chi connectivity index (χ3n) is 5.37. The van der Waals surface area contributed by atoms with E-state index in [2.05, 4.69) is 16.0 Å². The highest BCUT2D eigenvalue weighted by Gasteiger charge is 2.16. The molecule has 166 valence electrons. The standard InChI is InChI=1S/C25H23N5O3/c1-3-33-14-8-13-30-22(28-24(31)19-10-5-4-9-17(19)2)18(16-26)15-20-23(30)27-21-11-6-7-12-29(21)25(20)32/h4-7,9-12,15H,3,8,13-14H2,1-2H3. The molecular formula is C25H23N5O3. The van der Waals surface area contributed by atoms with E-state index in [4.69, 9.17) is 4.74 Å². The number of carbonyl (C=O) groups excluding carboxylic acids is 1. The van der Waals surface area contributed by atoms with Gasteiger partial charge in [0.05, 0.1) is 10.9 Å². The van der Waals surface area contributed by atoms with Crippen LogP contribution in [0.1, 0.15) is 34.8 Å². The Morgan fingerprint density at radius 2 is 2.00 bits per heavy atom. The fourth-order valence-electron chi connectivity index (χ4n) is 3.73. The van der Waals surface area contributed by atoms with Crippen LogP contribution in [-0.2, 0) is 11.3 Å². The number of fused-ring (bicyclic) bond motifs is 2. The summed E-state index contributed by atoms with van der Waals surface area (Å²) in [4.78, 5) is 35.2. The lowest BCUT2D eigenvalue weighted by molar-refractivity contribution is 0.0996. The van der Waals surface area contributed by atoms with E-state index in [1.165, 1.54) is 10.5 Å². The highest BCUT2D eigenvalue weighted by molar-refractivity contribution is 5.96. The molecule has 0 bridgehead atoms. The molecule has 3 aromatic heterocycles. The Kier molecular flexibility index (Phi) is 6.43. The van der Waals surface area contributed by atoms with E-state index in [9.17, 15) is 14.9 Å². The number of rotatable bonds is 6. The van der Waals surface area contributed by atoms with Gasteiger partial charge in [-0.1, -0.05) is 24.3 Å². The second-order valence-corrected chi connectivity index (χ2v) is 7.51. The van der Waals surface area contributed by atoms with E-state index >= 15 is 0 Å². The lowest BCUT2D eigenvalue weighted by Crippen LogP contribution is -2.30. The highest BCUT2D eigenvalue weighted by Crippen LogP contribution is 2.12. The minimum atomic E-state index is -0.458. The predicted octanol–water partition coefficient (Wildman–Crippen LogP) is 3.00. The van der Waals surface area contributed by atoms with Gasteiger partial charge in [0.15, 0.2) is 5.49 Å². The zero-order valence-corrected chi connectivity index (χ0v) is 18.5. The normalized spacial score (nSPS) is 11.7. The number of carbonyl (C=O) groups is 1. The van der Waals surface area contributed by atoms with Crippen LogP contribution in [0, 0.1) is 18.3 Å². The summed E-state index contributed by atoms with van der Waals surface area (Å²) in [6, 6.07) is 16.0. The molecule has 0 atom stereocenters. The van der Waals surface area contributed by atoms with Crippen molar-refractivity contribution in [2.24, 2.45) is 4.99 Å². The van der Waals surface area contributed by atoms with Crippen LogP contribution >= 0.6 is 0 Å². The number of nitriles is 1. The molecular weight excluding hydrogens is 418 g/mol. The molecule has 0 saturated heterocycles. The van der Waals surface area contributed by atoms with E-state index in [0.29, 0.717) is 43.0 Å². The number of aryl methyl sites for hydroxylation is 2. The van der Waals surface area contributed by atoms with Crippen LogP contribution < -0.4 is 11.0 Å². The minimum absolute atomic E-state index is 0.135. The topological polar surface area (TPSA) is 102 Å². The number of amides is 1. The van der Waals surface area contributed by atoms with Crippen LogP contribution in [-0.4, -0.2) is 33.1 Å². The van der Waals surface area contributed by atoms with E-state index in [1.807, 2.05) is 26.0 Å². The lowest BCUT2D eigenvalue weighted by Gasteiger charge is -2.13. The van der Waals surface area contributed by atoms with Crippen molar-refractivity contribution in [3.8, 4) is 6.07 Å². The molecule has 0 fully saturated rings. The van der Waals surface area contributed by atoms with Crippen LogP contribution in [0.5, 0.6) is 0 Å². The van der Waals surface area contributed by atoms with Crippen molar-refractivity contribution in [2.75, 3.05) is 13.2 Å². The molecule has 0 radical (unpaired) electrons. The van der Waals surface area contributed by atoms with E-state index in [-0.39, 0.29) is 22.0 Å². The Hall–Kier alpha value is -4.09. The molecule has 8 heteroatoms. The van der Waals surface area contributed by atoms with Gasteiger partial charge in [0, 0.05) is 31.5 Å². The molecule has 0 unspecified atom stereocenters. The maximum Gasteiger partial charge on any atom is 0.279 e. The van der Waals surface area contributed by atoms with Gasteiger partial charge in [-0.05, 0) is 50.1 Å². The van der Waals surface area contributed by atoms with Crippen LogP contribution in [0.4, 0.5) is 0 Å². The summed E-state index contributed by atoms with van der Waals surface area (Å²) >= 11 is 0. The largest absolute Gasteiger partial charge is 0.382 e. The average molecular weight is 441 g/mol. The number of benzene rings is 1. The van der Waals surface area contributed by atoms with Crippen LogP contribution in [0.2, 0.25) is 0 Å². The predicted molar refractivity (Wildman–Crippen MR) is 124 cm³/mol. The Morgan fingerprint density at radius 1 is 1.21 bits per heavy atom. The first-order valence-corrected chi connectivity index (χ1v) is 10.7. The van der Waals surface area contributed by atoms with Gasteiger partial charge >= 0.3 is 0 Å².